The van der Waals surface area contributed by atoms with Crippen LogP contribution in [0.3, 0.4) is 0 Å². The molecule has 0 aliphatic heterocycles. The Hall–Kier alpha value is -1.86. The summed E-state index contributed by atoms with van der Waals surface area (Å²) in [7, 11) is 1.64. The molecule has 0 radical (unpaired) electrons. The van der Waals surface area contributed by atoms with Crippen molar-refractivity contribution in [3.8, 4) is 6.07 Å². The van der Waals surface area contributed by atoms with E-state index in [1.165, 1.54) is 18.4 Å². The Morgan fingerprint density at radius 1 is 1.40 bits per heavy atom. The predicted molar refractivity (Wildman–Crippen MR) is 78.1 cm³/mol. The van der Waals surface area contributed by atoms with Gasteiger partial charge in [0, 0.05) is 31.6 Å². The molecule has 1 aliphatic rings. The molecule has 1 saturated carbocycles. The highest BCUT2D eigenvalue weighted by atomic mass is 16.1. The van der Waals surface area contributed by atoms with Gasteiger partial charge < -0.3 is 5.32 Å². The van der Waals surface area contributed by atoms with Crippen molar-refractivity contribution in [2.24, 2.45) is 0 Å². The van der Waals surface area contributed by atoms with E-state index in [9.17, 15) is 4.79 Å². The predicted octanol–water partition coefficient (Wildman–Crippen LogP) is 2.31. The van der Waals surface area contributed by atoms with Crippen molar-refractivity contribution in [2.45, 2.75) is 38.3 Å². The number of nitriles is 1. The molecular weight excluding hydrogens is 250 g/mol. The van der Waals surface area contributed by atoms with E-state index in [1.807, 2.05) is 24.3 Å². The Labute approximate surface area is 120 Å². The van der Waals surface area contributed by atoms with Crippen LogP contribution in [-0.4, -0.2) is 30.4 Å². The molecule has 4 nitrogen and oxygen atoms in total. The number of hydrogen-bond acceptors (Lipinski definition) is 3. The molecule has 20 heavy (non-hydrogen) atoms. The van der Waals surface area contributed by atoms with Crippen molar-refractivity contribution in [2.75, 3.05) is 13.6 Å². The van der Waals surface area contributed by atoms with Crippen LogP contribution in [0.5, 0.6) is 0 Å². The van der Waals surface area contributed by atoms with Crippen LogP contribution in [0.4, 0.5) is 0 Å². The summed E-state index contributed by atoms with van der Waals surface area (Å²) in [6.45, 7) is 1.89. The van der Waals surface area contributed by atoms with Crippen molar-refractivity contribution in [1.82, 2.24) is 10.2 Å². The Bertz CT molecular complexity index is 485. The summed E-state index contributed by atoms with van der Waals surface area (Å²) < 4.78 is 0. The van der Waals surface area contributed by atoms with Crippen molar-refractivity contribution in [3.05, 3.63) is 35.4 Å². The first-order valence-electron chi connectivity index (χ1n) is 7.16. The maximum absolute atomic E-state index is 11.5. The van der Waals surface area contributed by atoms with Crippen LogP contribution in [0.25, 0.3) is 0 Å². The van der Waals surface area contributed by atoms with Gasteiger partial charge in [0.15, 0.2) is 0 Å². The SMILES string of the molecule is CNC(=O)c1ccc(CN(CCCC#N)C2CC2)cc1. The maximum Gasteiger partial charge on any atom is 0.251 e. The minimum absolute atomic E-state index is 0.0513. The third-order valence-corrected chi connectivity index (χ3v) is 3.63. The van der Waals surface area contributed by atoms with Crippen molar-refractivity contribution in [3.63, 3.8) is 0 Å². The average molecular weight is 271 g/mol. The molecule has 1 fully saturated rings. The van der Waals surface area contributed by atoms with Gasteiger partial charge in [0.1, 0.15) is 0 Å². The summed E-state index contributed by atoms with van der Waals surface area (Å²) in [4.78, 5) is 13.9. The highest BCUT2D eigenvalue weighted by Gasteiger charge is 2.28. The molecule has 1 aromatic rings. The Kier molecular flexibility index (Phi) is 5.14. The van der Waals surface area contributed by atoms with E-state index < -0.39 is 0 Å². The maximum atomic E-state index is 11.5. The first kappa shape index (κ1) is 14.5. The lowest BCUT2D eigenvalue weighted by atomic mass is 10.1. The Balaban J connectivity index is 1.93. The van der Waals surface area contributed by atoms with Crippen LogP contribution in [-0.2, 0) is 6.54 Å². The fourth-order valence-corrected chi connectivity index (χ4v) is 2.33. The van der Waals surface area contributed by atoms with E-state index in [2.05, 4.69) is 16.3 Å². The number of nitrogens with zero attached hydrogens (tertiary/aromatic N) is 2. The van der Waals surface area contributed by atoms with Crippen molar-refractivity contribution in [1.29, 1.82) is 5.26 Å². The molecule has 0 unspecified atom stereocenters. The zero-order valence-corrected chi connectivity index (χ0v) is 11.9. The minimum Gasteiger partial charge on any atom is -0.355 e. The van der Waals surface area contributed by atoms with Crippen LogP contribution >= 0.6 is 0 Å². The van der Waals surface area contributed by atoms with E-state index >= 15 is 0 Å². The summed E-state index contributed by atoms with van der Waals surface area (Å²) in [6, 6.07) is 10.7. The Morgan fingerprint density at radius 2 is 2.10 bits per heavy atom. The first-order valence-corrected chi connectivity index (χ1v) is 7.16. The molecule has 106 valence electrons. The van der Waals surface area contributed by atoms with Gasteiger partial charge >= 0.3 is 0 Å². The number of rotatable bonds is 7. The minimum atomic E-state index is -0.0513. The number of carbonyl (C=O) groups is 1. The number of carbonyl (C=O) groups excluding carboxylic acids is 1. The lowest BCUT2D eigenvalue weighted by molar-refractivity contribution is 0.0963. The van der Waals surface area contributed by atoms with Crippen LogP contribution in [0.1, 0.15) is 41.6 Å². The van der Waals surface area contributed by atoms with E-state index in [0.29, 0.717) is 18.0 Å². The number of hydrogen-bond donors (Lipinski definition) is 1. The van der Waals surface area contributed by atoms with Gasteiger partial charge in [-0.05, 0) is 43.5 Å². The molecule has 1 aliphatic carbocycles. The molecule has 0 saturated heterocycles. The van der Waals surface area contributed by atoms with E-state index in [0.717, 1.165) is 19.5 Å². The summed E-state index contributed by atoms with van der Waals surface area (Å²) in [5.74, 6) is -0.0513. The summed E-state index contributed by atoms with van der Waals surface area (Å²) >= 11 is 0. The number of amides is 1. The summed E-state index contributed by atoms with van der Waals surface area (Å²) in [5, 5.41) is 11.2. The number of benzene rings is 1. The van der Waals surface area contributed by atoms with E-state index in [-0.39, 0.29) is 5.91 Å². The molecule has 4 heteroatoms. The molecule has 1 aromatic carbocycles. The van der Waals surface area contributed by atoms with Crippen LogP contribution in [0.2, 0.25) is 0 Å². The standard InChI is InChI=1S/C16H21N3O/c1-18-16(20)14-6-4-13(5-7-14)12-19(15-8-9-15)11-3-2-10-17/h4-7,15H,2-3,8-9,11-12H2,1H3,(H,18,20). The molecule has 0 heterocycles. The second-order valence-electron chi connectivity index (χ2n) is 5.24. The molecule has 0 aromatic heterocycles. The smallest absolute Gasteiger partial charge is 0.251 e. The normalized spacial score (nSPS) is 14.1. The van der Waals surface area contributed by atoms with E-state index in [1.54, 1.807) is 7.05 Å². The average Bonchev–Trinajstić information content (AvgIpc) is 3.31. The second kappa shape index (κ2) is 7.06. The van der Waals surface area contributed by atoms with Crippen molar-refractivity contribution >= 4 is 5.91 Å². The van der Waals surface area contributed by atoms with Gasteiger partial charge in [-0.2, -0.15) is 5.26 Å². The van der Waals surface area contributed by atoms with Gasteiger partial charge in [-0.3, -0.25) is 9.69 Å². The van der Waals surface area contributed by atoms with Gasteiger partial charge in [-0.1, -0.05) is 12.1 Å². The zero-order chi connectivity index (χ0) is 14.4. The first-order chi connectivity index (χ1) is 9.74. The molecule has 0 atom stereocenters. The van der Waals surface area contributed by atoms with E-state index in [4.69, 9.17) is 5.26 Å². The molecule has 1 N–H and O–H groups in total. The molecule has 0 spiro atoms. The van der Waals surface area contributed by atoms with Gasteiger partial charge in [-0.25, -0.2) is 0 Å². The third kappa shape index (κ3) is 4.07. The van der Waals surface area contributed by atoms with Crippen LogP contribution < -0.4 is 5.32 Å². The van der Waals surface area contributed by atoms with Gasteiger partial charge in [0.2, 0.25) is 0 Å². The third-order valence-electron chi connectivity index (χ3n) is 3.63. The monoisotopic (exact) mass is 271 g/mol. The Morgan fingerprint density at radius 3 is 2.65 bits per heavy atom. The summed E-state index contributed by atoms with van der Waals surface area (Å²) in [5.41, 5.74) is 1.92. The molecular formula is C16H21N3O. The second-order valence-corrected chi connectivity index (χ2v) is 5.24. The fourth-order valence-electron chi connectivity index (χ4n) is 2.33. The van der Waals surface area contributed by atoms with Crippen molar-refractivity contribution < 1.29 is 4.79 Å². The van der Waals surface area contributed by atoms with Gasteiger partial charge in [0.25, 0.3) is 5.91 Å². The summed E-state index contributed by atoms with van der Waals surface area (Å²) in [6.07, 6.45) is 4.09. The zero-order valence-electron chi connectivity index (χ0n) is 11.9. The number of nitrogens with one attached hydrogen (secondary N) is 1. The fraction of sp³-hybridized carbons (Fsp3) is 0.500. The lowest BCUT2D eigenvalue weighted by Crippen LogP contribution is -2.26. The lowest BCUT2D eigenvalue weighted by Gasteiger charge is -2.21. The van der Waals surface area contributed by atoms with Gasteiger partial charge in [-0.15, -0.1) is 0 Å². The van der Waals surface area contributed by atoms with Gasteiger partial charge in [0.05, 0.1) is 6.07 Å². The van der Waals surface area contributed by atoms with Crippen LogP contribution in [0, 0.1) is 11.3 Å². The highest BCUT2D eigenvalue weighted by Crippen LogP contribution is 2.28. The van der Waals surface area contributed by atoms with Crippen LogP contribution in [0.15, 0.2) is 24.3 Å². The largest absolute Gasteiger partial charge is 0.355 e. The molecule has 1 amide bonds. The number of unbranched alkanes of at least 4 members (excludes halogenated alkanes) is 1. The quantitative estimate of drug-likeness (QED) is 0.774. The topological polar surface area (TPSA) is 56.1 Å². The highest BCUT2D eigenvalue weighted by molar-refractivity contribution is 5.93. The molecule has 2 rings (SSSR count). The molecule has 0 bridgehead atoms.